The van der Waals surface area contributed by atoms with Crippen molar-refractivity contribution in [3.05, 3.63) is 35.4 Å². The molecule has 2 nitrogen and oxygen atoms in total. The minimum absolute atomic E-state index is 0.286. The summed E-state index contributed by atoms with van der Waals surface area (Å²) in [5.74, 6) is 0.620. The highest BCUT2D eigenvalue weighted by molar-refractivity contribution is 5.22. The molecule has 1 aliphatic rings. The van der Waals surface area contributed by atoms with Crippen molar-refractivity contribution in [3.8, 4) is 0 Å². The van der Waals surface area contributed by atoms with Crippen LogP contribution in [0.25, 0.3) is 0 Å². The molecule has 94 valence electrons. The summed E-state index contributed by atoms with van der Waals surface area (Å²) in [5, 5.41) is 9.43. The van der Waals surface area contributed by atoms with E-state index in [0.29, 0.717) is 12.0 Å². The van der Waals surface area contributed by atoms with Crippen LogP contribution in [0.1, 0.15) is 31.4 Å². The summed E-state index contributed by atoms with van der Waals surface area (Å²) in [4.78, 5) is 2.41. The molecule has 1 aromatic carbocycles. The first-order valence-electron chi connectivity index (χ1n) is 6.67. The van der Waals surface area contributed by atoms with Crippen molar-refractivity contribution < 1.29 is 5.11 Å². The molecule has 2 rings (SSSR count). The molecule has 17 heavy (non-hydrogen) atoms. The van der Waals surface area contributed by atoms with E-state index in [4.69, 9.17) is 0 Å². The fraction of sp³-hybridized carbons (Fsp3) is 0.600. The van der Waals surface area contributed by atoms with Gasteiger partial charge in [0.05, 0.1) is 6.61 Å². The predicted octanol–water partition coefficient (Wildman–Crippen LogP) is 2.45. The normalized spacial score (nSPS) is 25.4. The Morgan fingerprint density at radius 1 is 1.24 bits per heavy atom. The summed E-state index contributed by atoms with van der Waals surface area (Å²) < 4.78 is 0. The van der Waals surface area contributed by atoms with Crippen molar-refractivity contribution >= 4 is 0 Å². The Kier molecular flexibility index (Phi) is 4.19. The second kappa shape index (κ2) is 5.65. The van der Waals surface area contributed by atoms with Gasteiger partial charge in [0.2, 0.25) is 0 Å². The fourth-order valence-electron chi connectivity index (χ4n) is 2.69. The number of hydrogen-bond donors (Lipinski definition) is 1. The quantitative estimate of drug-likeness (QED) is 0.863. The van der Waals surface area contributed by atoms with Gasteiger partial charge in [-0.3, -0.25) is 4.90 Å². The topological polar surface area (TPSA) is 23.5 Å². The highest BCUT2D eigenvalue weighted by Gasteiger charge is 2.30. The standard InChI is InChI=1S/C15H23NO/c1-3-13-4-6-14(7-5-13)10-16-9-8-12(2)15(16)11-17/h4-7,12,15,17H,3,8-11H2,1-2H3. The zero-order valence-electron chi connectivity index (χ0n) is 10.9. The molecule has 0 spiro atoms. The SMILES string of the molecule is CCc1ccc(CN2CCC(C)C2CO)cc1. The molecule has 0 aromatic heterocycles. The number of aliphatic hydroxyl groups is 1. The van der Waals surface area contributed by atoms with Crippen LogP contribution in [0.5, 0.6) is 0 Å². The van der Waals surface area contributed by atoms with Crippen LogP contribution in [0.4, 0.5) is 0 Å². The lowest BCUT2D eigenvalue weighted by Crippen LogP contribution is -2.34. The molecule has 0 bridgehead atoms. The van der Waals surface area contributed by atoms with Gasteiger partial charge in [-0.25, -0.2) is 0 Å². The average molecular weight is 233 g/mol. The predicted molar refractivity (Wildman–Crippen MR) is 70.9 cm³/mol. The lowest BCUT2D eigenvalue weighted by atomic mass is 10.0. The van der Waals surface area contributed by atoms with Gasteiger partial charge in [-0.05, 0) is 36.4 Å². The van der Waals surface area contributed by atoms with Crippen molar-refractivity contribution in [2.75, 3.05) is 13.2 Å². The Morgan fingerprint density at radius 3 is 2.47 bits per heavy atom. The number of benzene rings is 1. The molecule has 0 amide bonds. The van der Waals surface area contributed by atoms with E-state index in [-0.39, 0.29) is 6.61 Å². The van der Waals surface area contributed by atoms with Crippen LogP contribution < -0.4 is 0 Å². The minimum Gasteiger partial charge on any atom is -0.395 e. The van der Waals surface area contributed by atoms with Crippen molar-refractivity contribution in [1.29, 1.82) is 0 Å². The molecule has 0 radical (unpaired) electrons. The number of rotatable bonds is 4. The molecule has 2 atom stereocenters. The largest absolute Gasteiger partial charge is 0.395 e. The highest BCUT2D eigenvalue weighted by atomic mass is 16.3. The molecule has 2 unspecified atom stereocenters. The number of aryl methyl sites for hydroxylation is 1. The molecule has 0 saturated carbocycles. The number of aliphatic hydroxyl groups excluding tert-OH is 1. The Hall–Kier alpha value is -0.860. The number of nitrogens with zero attached hydrogens (tertiary/aromatic N) is 1. The third-order valence-corrected chi connectivity index (χ3v) is 4.00. The van der Waals surface area contributed by atoms with Crippen LogP contribution in [0.2, 0.25) is 0 Å². The molecule has 1 aromatic rings. The van der Waals surface area contributed by atoms with Gasteiger partial charge < -0.3 is 5.11 Å². The maximum Gasteiger partial charge on any atom is 0.0589 e. The minimum atomic E-state index is 0.286. The van der Waals surface area contributed by atoms with Crippen LogP contribution in [0, 0.1) is 5.92 Å². The van der Waals surface area contributed by atoms with Crippen molar-refractivity contribution in [1.82, 2.24) is 4.90 Å². The Labute approximate surface area is 104 Å². The molecular formula is C15H23NO. The van der Waals surface area contributed by atoms with Crippen molar-refractivity contribution in [2.45, 2.75) is 39.3 Å². The lowest BCUT2D eigenvalue weighted by molar-refractivity contribution is 0.134. The molecule has 2 heteroatoms. The summed E-state index contributed by atoms with van der Waals surface area (Å²) >= 11 is 0. The smallest absolute Gasteiger partial charge is 0.0589 e. The van der Waals surface area contributed by atoms with Crippen LogP contribution in [0.15, 0.2) is 24.3 Å². The van der Waals surface area contributed by atoms with Crippen molar-refractivity contribution in [3.63, 3.8) is 0 Å². The third-order valence-electron chi connectivity index (χ3n) is 4.00. The number of hydrogen-bond acceptors (Lipinski definition) is 2. The van der Waals surface area contributed by atoms with Gasteiger partial charge >= 0.3 is 0 Å². The average Bonchev–Trinajstić information content (AvgIpc) is 2.71. The van der Waals surface area contributed by atoms with Gasteiger partial charge in [0.1, 0.15) is 0 Å². The van der Waals surface area contributed by atoms with Crippen LogP contribution in [-0.2, 0) is 13.0 Å². The summed E-state index contributed by atoms with van der Waals surface area (Å²) in [6, 6.07) is 9.21. The van der Waals surface area contributed by atoms with Crippen molar-refractivity contribution in [2.24, 2.45) is 5.92 Å². The van der Waals surface area contributed by atoms with E-state index in [1.807, 2.05) is 0 Å². The van der Waals surface area contributed by atoms with E-state index in [2.05, 4.69) is 43.0 Å². The van der Waals surface area contributed by atoms with E-state index >= 15 is 0 Å². The van der Waals surface area contributed by atoms with Crippen LogP contribution >= 0.6 is 0 Å². The maximum absolute atomic E-state index is 9.43. The van der Waals surface area contributed by atoms with Gasteiger partial charge in [-0.15, -0.1) is 0 Å². The third kappa shape index (κ3) is 2.88. The summed E-state index contributed by atoms with van der Waals surface area (Å²) in [6.07, 6.45) is 2.30. The van der Waals surface area contributed by atoms with Gasteiger partial charge in [0, 0.05) is 12.6 Å². The first kappa shape index (κ1) is 12.6. The van der Waals surface area contributed by atoms with Crippen LogP contribution in [0.3, 0.4) is 0 Å². The maximum atomic E-state index is 9.43. The molecule has 1 heterocycles. The van der Waals surface area contributed by atoms with Crippen LogP contribution in [-0.4, -0.2) is 29.2 Å². The highest BCUT2D eigenvalue weighted by Crippen LogP contribution is 2.25. The molecular weight excluding hydrogens is 210 g/mol. The van der Waals surface area contributed by atoms with Gasteiger partial charge in [0.15, 0.2) is 0 Å². The fourth-order valence-corrected chi connectivity index (χ4v) is 2.69. The zero-order chi connectivity index (χ0) is 12.3. The van der Waals surface area contributed by atoms with Gasteiger partial charge in [-0.1, -0.05) is 38.1 Å². The number of likely N-dealkylation sites (tertiary alicyclic amines) is 1. The molecule has 1 saturated heterocycles. The van der Waals surface area contributed by atoms with E-state index in [0.717, 1.165) is 19.5 Å². The van der Waals surface area contributed by atoms with E-state index in [1.54, 1.807) is 0 Å². The molecule has 0 aliphatic carbocycles. The zero-order valence-corrected chi connectivity index (χ0v) is 10.9. The molecule has 1 fully saturated rings. The Bertz CT molecular complexity index is 346. The summed E-state index contributed by atoms with van der Waals surface area (Å²) in [6.45, 7) is 6.79. The molecule has 1 aliphatic heterocycles. The Morgan fingerprint density at radius 2 is 1.88 bits per heavy atom. The summed E-state index contributed by atoms with van der Waals surface area (Å²) in [5.41, 5.74) is 2.75. The lowest BCUT2D eigenvalue weighted by Gasteiger charge is -2.25. The first-order valence-corrected chi connectivity index (χ1v) is 6.67. The van der Waals surface area contributed by atoms with Gasteiger partial charge in [0.25, 0.3) is 0 Å². The van der Waals surface area contributed by atoms with E-state index in [9.17, 15) is 5.11 Å². The molecule has 1 N–H and O–H groups in total. The second-order valence-corrected chi connectivity index (χ2v) is 5.16. The van der Waals surface area contributed by atoms with Gasteiger partial charge in [-0.2, -0.15) is 0 Å². The second-order valence-electron chi connectivity index (χ2n) is 5.16. The van der Waals surface area contributed by atoms with E-state index in [1.165, 1.54) is 17.5 Å². The first-order chi connectivity index (χ1) is 8.24. The monoisotopic (exact) mass is 233 g/mol. The van der Waals surface area contributed by atoms with E-state index < -0.39 is 0 Å². The Balaban J connectivity index is 2.00. The summed E-state index contributed by atoms with van der Waals surface area (Å²) in [7, 11) is 0.